The number of halogens is 2. The molecule has 0 atom stereocenters. The zero-order valence-corrected chi connectivity index (χ0v) is 21.3. The monoisotopic (exact) mass is 548 g/mol. The van der Waals surface area contributed by atoms with E-state index < -0.39 is 22.5 Å². The van der Waals surface area contributed by atoms with Crippen molar-refractivity contribution in [1.29, 1.82) is 0 Å². The molecule has 36 heavy (non-hydrogen) atoms. The van der Waals surface area contributed by atoms with E-state index in [2.05, 4.69) is 15.8 Å². The number of amides is 2. The number of anilines is 2. The Morgan fingerprint density at radius 3 is 2.39 bits per heavy atom. The van der Waals surface area contributed by atoms with Gasteiger partial charge < -0.3 is 10.1 Å². The Kier molecular flexibility index (Phi) is 9.29. The number of sulfonamides is 1. The molecule has 0 saturated carbocycles. The Morgan fingerprint density at radius 1 is 1.00 bits per heavy atom. The number of hydrazone groups is 1. The summed E-state index contributed by atoms with van der Waals surface area (Å²) in [6, 6.07) is 19.7. The standard InChI is InChI=1S/C24H22Cl2N4O5S/c1-36(33,34)30(22-8-3-2-7-21(22)26)15-23(31)29-27-14-17-9-11-20(12-10-17)35-16-24(32)28-19-6-4-5-18(25)13-19/h2-14H,15-16H2,1H3,(H,28,32)(H,29,31)/b27-14-. The van der Waals surface area contributed by atoms with Crippen LogP contribution in [-0.4, -0.2) is 45.9 Å². The van der Waals surface area contributed by atoms with E-state index in [0.717, 1.165) is 10.6 Å². The summed E-state index contributed by atoms with van der Waals surface area (Å²) in [5.74, 6) is -0.534. The summed E-state index contributed by atoms with van der Waals surface area (Å²) in [7, 11) is -3.76. The molecule has 0 aliphatic rings. The highest BCUT2D eigenvalue weighted by Crippen LogP contribution is 2.26. The molecule has 0 aliphatic carbocycles. The van der Waals surface area contributed by atoms with Crippen molar-refractivity contribution in [2.24, 2.45) is 5.10 Å². The fourth-order valence-electron chi connectivity index (χ4n) is 2.94. The van der Waals surface area contributed by atoms with Crippen LogP contribution in [0.4, 0.5) is 11.4 Å². The molecule has 0 unspecified atom stereocenters. The van der Waals surface area contributed by atoms with Crippen LogP contribution in [0.1, 0.15) is 5.56 Å². The second-order valence-electron chi connectivity index (χ2n) is 7.43. The minimum Gasteiger partial charge on any atom is -0.484 e. The predicted molar refractivity (Wildman–Crippen MR) is 141 cm³/mol. The first-order valence-electron chi connectivity index (χ1n) is 10.4. The molecule has 12 heteroatoms. The van der Waals surface area contributed by atoms with Crippen molar-refractivity contribution in [3.63, 3.8) is 0 Å². The highest BCUT2D eigenvalue weighted by atomic mass is 35.5. The topological polar surface area (TPSA) is 117 Å². The first-order valence-corrected chi connectivity index (χ1v) is 13.0. The van der Waals surface area contributed by atoms with Crippen molar-refractivity contribution in [2.45, 2.75) is 0 Å². The van der Waals surface area contributed by atoms with Crippen LogP contribution >= 0.6 is 23.2 Å². The Labute approximate surface area is 218 Å². The molecule has 3 aromatic rings. The van der Waals surface area contributed by atoms with Gasteiger partial charge in [-0.15, -0.1) is 0 Å². The average molecular weight is 549 g/mol. The lowest BCUT2D eigenvalue weighted by molar-refractivity contribution is -0.119. The van der Waals surface area contributed by atoms with E-state index in [-0.39, 0.29) is 23.2 Å². The molecule has 0 aromatic heterocycles. The van der Waals surface area contributed by atoms with Crippen LogP contribution in [0.15, 0.2) is 77.9 Å². The van der Waals surface area contributed by atoms with Gasteiger partial charge in [0, 0.05) is 10.7 Å². The molecule has 0 radical (unpaired) electrons. The molecule has 0 aliphatic heterocycles. The van der Waals surface area contributed by atoms with Crippen LogP contribution in [0.5, 0.6) is 5.75 Å². The van der Waals surface area contributed by atoms with Crippen LogP contribution < -0.4 is 19.8 Å². The zero-order chi connectivity index (χ0) is 26.1. The number of nitrogens with zero attached hydrogens (tertiary/aromatic N) is 2. The van der Waals surface area contributed by atoms with Crippen LogP contribution in [0.25, 0.3) is 0 Å². The van der Waals surface area contributed by atoms with E-state index in [1.165, 1.54) is 18.3 Å². The quantitative estimate of drug-likeness (QED) is 0.294. The number of rotatable bonds is 10. The minimum atomic E-state index is -3.76. The number of carbonyl (C=O) groups excluding carboxylic acids is 2. The van der Waals surface area contributed by atoms with Gasteiger partial charge in [0.2, 0.25) is 10.0 Å². The summed E-state index contributed by atoms with van der Waals surface area (Å²) in [6.45, 7) is -0.692. The van der Waals surface area contributed by atoms with Gasteiger partial charge in [0.15, 0.2) is 6.61 Å². The van der Waals surface area contributed by atoms with Gasteiger partial charge in [0.25, 0.3) is 11.8 Å². The van der Waals surface area contributed by atoms with Crippen molar-refractivity contribution < 1.29 is 22.7 Å². The van der Waals surface area contributed by atoms with E-state index >= 15 is 0 Å². The number of hydrogen-bond acceptors (Lipinski definition) is 6. The Bertz CT molecular complexity index is 1360. The Balaban J connectivity index is 1.50. The highest BCUT2D eigenvalue weighted by Gasteiger charge is 2.22. The Hall–Kier alpha value is -3.60. The predicted octanol–water partition coefficient (Wildman–Crippen LogP) is 3.93. The molecule has 0 heterocycles. The van der Waals surface area contributed by atoms with Crippen molar-refractivity contribution in [3.05, 3.63) is 88.4 Å². The first-order chi connectivity index (χ1) is 17.1. The van der Waals surface area contributed by atoms with E-state index in [1.807, 2.05) is 0 Å². The molecule has 2 amide bonds. The number of ether oxygens (including phenoxy) is 1. The summed E-state index contributed by atoms with van der Waals surface area (Å²) in [5, 5.41) is 7.24. The number of hydrogen-bond donors (Lipinski definition) is 2. The third kappa shape index (κ3) is 8.26. The van der Waals surface area contributed by atoms with Crippen molar-refractivity contribution >= 4 is 62.6 Å². The average Bonchev–Trinajstić information content (AvgIpc) is 2.82. The number of benzene rings is 3. The fourth-order valence-corrected chi connectivity index (χ4v) is 4.29. The smallest absolute Gasteiger partial charge is 0.262 e. The number of nitrogens with one attached hydrogen (secondary N) is 2. The van der Waals surface area contributed by atoms with Crippen molar-refractivity contribution in [1.82, 2.24) is 5.43 Å². The molecule has 0 bridgehead atoms. The van der Waals surface area contributed by atoms with Crippen molar-refractivity contribution in [2.75, 3.05) is 29.0 Å². The summed E-state index contributed by atoms with van der Waals surface area (Å²) in [6.07, 6.45) is 2.37. The van der Waals surface area contributed by atoms with Gasteiger partial charge in [0.1, 0.15) is 12.3 Å². The molecule has 2 N–H and O–H groups in total. The van der Waals surface area contributed by atoms with Gasteiger partial charge in [0.05, 0.1) is 23.2 Å². The summed E-state index contributed by atoms with van der Waals surface area (Å²) in [5.41, 5.74) is 3.69. The minimum absolute atomic E-state index is 0.192. The molecule has 0 fully saturated rings. The lowest BCUT2D eigenvalue weighted by atomic mass is 10.2. The summed E-state index contributed by atoms with van der Waals surface area (Å²) >= 11 is 12.0. The Morgan fingerprint density at radius 2 is 1.72 bits per heavy atom. The molecular weight excluding hydrogens is 527 g/mol. The molecule has 188 valence electrons. The van der Waals surface area contributed by atoms with Gasteiger partial charge in [-0.05, 0) is 60.2 Å². The van der Waals surface area contributed by atoms with Crippen LogP contribution in [0, 0.1) is 0 Å². The van der Waals surface area contributed by atoms with E-state index in [9.17, 15) is 18.0 Å². The second kappa shape index (κ2) is 12.4. The fraction of sp³-hybridized carbons (Fsp3) is 0.125. The lowest BCUT2D eigenvalue weighted by Crippen LogP contribution is -2.39. The second-order valence-corrected chi connectivity index (χ2v) is 10.2. The third-order valence-electron chi connectivity index (χ3n) is 4.57. The molecule has 0 spiro atoms. The maximum atomic E-state index is 12.3. The largest absolute Gasteiger partial charge is 0.484 e. The molecule has 9 nitrogen and oxygen atoms in total. The van der Waals surface area contributed by atoms with Gasteiger partial charge in [-0.2, -0.15) is 5.10 Å². The van der Waals surface area contributed by atoms with Gasteiger partial charge in [-0.25, -0.2) is 13.8 Å². The molecular formula is C24H22Cl2N4O5S. The number of carbonyl (C=O) groups is 2. The third-order valence-corrected chi connectivity index (χ3v) is 6.25. The van der Waals surface area contributed by atoms with Gasteiger partial charge in [-0.3, -0.25) is 13.9 Å². The summed E-state index contributed by atoms with van der Waals surface area (Å²) in [4.78, 5) is 24.3. The van der Waals surface area contributed by atoms with Crippen LogP contribution in [-0.2, 0) is 19.6 Å². The van der Waals surface area contributed by atoms with Gasteiger partial charge in [-0.1, -0.05) is 41.4 Å². The molecule has 0 saturated heterocycles. The number of para-hydroxylation sites is 1. The van der Waals surface area contributed by atoms with Crippen LogP contribution in [0.3, 0.4) is 0 Å². The van der Waals surface area contributed by atoms with E-state index in [4.69, 9.17) is 27.9 Å². The maximum absolute atomic E-state index is 12.3. The van der Waals surface area contributed by atoms with Gasteiger partial charge >= 0.3 is 0 Å². The normalized spacial score (nSPS) is 11.2. The summed E-state index contributed by atoms with van der Waals surface area (Å²) < 4.78 is 30.7. The van der Waals surface area contributed by atoms with E-state index in [0.29, 0.717) is 22.0 Å². The van der Waals surface area contributed by atoms with Crippen LogP contribution in [0.2, 0.25) is 10.0 Å². The molecule has 3 rings (SSSR count). The first kappa shape index (κ1) is 27.0. The van der Waals surface area contributed by atoms with Crippen molar-refractivity contribution in [3.8, 4) is 5.75 Å². The SMILES string of the molecule is CS(=O)(=O)N(CC(=O)N/N=C\c1ccc(OCC(=O)Nc2cccc(Cl)c2)cc1)c1ccccc1Cl. The zero-order valence-electron chi connectivity index (χ0n) is 19.0. The maximum Gasteiger partial charge on any atom is 0.262 e. The molecule has 3 aromatic carbocycles. The highest BCUT2D eigenvalue weighted by molar-refractivity contribution is 7.92. The van der Waals surface area contributed by atoms with E-state index in [1.54, 1.807) is 60.7 Å². The lowest BCUT2D eigenvalue weighted by Gasteiger charge is -2.22.